The Kier molecular flexibility index (Phi) is 12.9. The van der Waals surface area contributed by atoms with E-state index in [2.05, 4.69) is 32.8 Å². The highest BCUT2D eigenvalue weighted by Crippen LogP contribution is 2.09. The topological polar surface area (TPSA) is 68.8 Å². The minimum Gasteiger partial charge on any atom is -0.357 e. The van der Waals surface area contributed by atoms with Gasteiger partial charge in [0.05, 0.1) is 6.54 Å². The van der Waals surface area contributed by atoms with Gasteiger partial charge in [-0.3, -0.25) is 4.79 Å². The third-order valence-corrected chi connectivity index (χ3v) is 4.82. The lowest BCUT2D eigenvalue weighted by Crippen LogP contribution is -2.39. The fraction of sp³-hybridized carbons (Fsp3) is 0.619. The fourth-order valence-corrected chi connectivity index (χ4v) is 3.34. The second-order valence-corrected chi connectivity index (χ2v) is 7.01. The van der Waals surface area contributed by atoms with Crippen molar-refractivity contribution in [3.63, 3.8) is 0 Å². The van der Waals surface area contributed by atoms with Gasteiger partial charge in [0.1, 0.15) is 0 Å². The van der Waals surface area contributed by atoms with Crippen molar-refractivity contribution in [2.75, 3.05) is 39.8 Å². The van der Waals surface area contributed by atoms with Gasteiger partial charge in [-0.05, 0) is 63.5 Å². The van der Waals surface area contributed by atoms with Crippen LogP contribution >= 0.6 is 24.0 Å². The highest BCUT2D eigenvalue weighted by Gasteiger charge is 2.08. The molecule has 1 fully saturated rings. The third-order valence-electron chi connectivity index (χ3n) is 4.82. The minimum absolute atomic E-state index is 0. The first kappa shape index (κ1) is 24.7. The molecule has 0 spiro atoms. The molecular formula is C21H36IN5O. The summed E-state index contributed by atoms with van der Waals surface area (Å²) in [6.07, 6.45) is 6.57. The number of aliphatic imine (C=N–C) groups is 1. The van der Waals surface area contributed by atoms with Gasteiger partial charge in [0, 0.05) is 25.7 Å². The molecule has 0 aliphatic carbocycles. The van der Waals surface area contributed by atoms with E-state index in [1.54, 1.807) is 7.05 Å². The number of carbonyl (C=O) groups is 1. The largest absolute Gasteiger partial charge is 0.357 e. The fourth-order valence-electron chi connectivity index (χ4n) is 3.34. The molecule has 0 bridgehead atoms. The third kappa shape index (κ3) is 9.23. The van der Waals surface area contributed by atoms with Crippen molar-refractivity contribution in [3.8, 4) is 0 Å². The van der Waals surface area contributed by atoms with E-state index in [1.807, 2.05) is 24.3 Å². The Bertz CT molecular complexity index is 600. The monoisotopic (exact) mass is 501 g/mol. The summed E-state index contributed by atoms with van der Waals surface area (Å²) >= 11 is 0. The van der Waals surface area contributed by atoms with Gasteiger partial charge in [0.15, 0.2) is 5.96 Å². The molecule has 1 aromatic rings. The van der Waals surface area contributed by atoms with Gasteiger partial charge < -0.3 is 20.9 Å². The van der Waals surface area contributed by atoms with Gasteiger partial charge in [-0.1, -0.05) is 25.0 Å². The lowest BCUT2D eigenvalue weighted by atomic mass is 10.1. The zero-order chi connectivity index (χ0) is 19.3. The standard InChI is InChI=1S/C21H35N5O.HI/c1-3-23-21(24-12-9-15-26-13-6-4-5-7-14-26)25-17-18-10-8-11-19(16-18)20(27)22-2;/h8,10-11,16H,3-7,9,12-15,17H2,1-2H3,(H,22,27)(H2,23,24,25);1H. The molecule has 1 aromatic carbocycles. The van der Waals surface area contributed by atoms with Gasteiger partial charge in [0.2, 0.25) is 0 Å². The van der Waals surface area contributed by atoms with E-state index >= 15 is 0 Å². The van der Waals surface area contributed by atoms with Crippen LogP contribution in [0.25, 0.3) is 0 Å². The summed E-state index contributed by atoms with van der Waals surface area (Å²) in [5.74, 6) is 0.762. The van der Waals surface area contributed by atoms with Crippen molar-refractivity contribution in [1.29, 1.82) is 0 Å². The van der Waals surface area contributed by atoms with Crippen LogP contribution in [-0.2, 0) is 6.54 Å². The molecule has 1 saturated heterocycles. The van der Waals surface area contributed by atoms with E-state index in [1.165, 1.54) is 38.8 Å². The van der Waals surface area contributed by atoms with Crippen molar-refractivity contribution in [2.45, 2.75) is 45.6 Å². The molecule has 7 heteroatoms. The molecule has 3 N–H and O–H groups in total. The molecule has 1 aliphatic heterocycles. The SMILES string of the molecule is CCNC(=NCc1cccc(C(=O)NC)c1)NCCCN1CCCCCC1.I. The Morgan fingerprint density at radius 1 is 1.14 bits per heavy atom. The van der Waals surface area contributed by atoms with Crippen LogP contribution in [-0.4, -0.2) is 56.5 Å². The van der Waals surface area contributed by atoms with Gasteiger partial charge in [-0.15, -0.1) is 24.0 Å². The van der Waals surface area contributed by atoms with Crippen LogP contribution in [0.15, 0.2) is 29.3 Å². The lowest BCUT2D eigenvalue weighted by Gasteiger charge is -2.20. The van der Waals surface area contributed by atoms with E-state index < -0.39 is 0 Å². The Hall–Kier alpha value is -1.35. The number of benzene rings is 1. The normalized spacial score (nSPS) is 15.3. The molecule has 158 valence electrons. The number of nitrogens with zero attached hydrogens (tertiary/aromatic N) is 2. The molecule has 0 saturated carbocycles. The number of carbonyl (C=O) groups excluding carboxylic acids is 1. The molecule has 2 rings (SSSR count). The summed E-state index contributed by atoms with van der Waals surface area (Å²) in [6, 6.07) is 7.61. The number of amides is 1. The Labute approximate surface area is 187 Å². The Morgan fingerprint density at radius 2 is 1.89 bits per heavy atom. The molecule has 28 heavy (non-hydrogen) atoms. The molecule has 1 aliphatic rings. The van der Waals surface area contributed by atoms with E-state index in [0.717, 1.165) is 37.6 Å². The highest BCUT2D eigenvalue weighted by molar-refractivity contribution is 14.0. The predicted octanol–water partition coefficient (Wildman–Crippen LogP) is 2.99. The molecule has 0 aromatic heterocycles. The summed E-state index contributed by atoms with van der Waals surface area (Å²) in [5, 5.41) is 9.38. The zero-order valence-electron chi connectivity index (χ0n) is 17.3. The molecule has 0 unspecified atom stereocenters. The zero-order valence-corrected chi connectivity index (χ0v) is 19.6. The predicted molar refractivity (Wildman–Crippen MR) is 128 cm³/mol. The Balaban J connectivity index is 0.00000392. The van der Waals surface area contributed by atoms with Gasteiger partial charge in [0.25, 0.3) is 5.91 Å². The van der Waals surface area contributed by atoms with E-state index in [9.17, 15) is 4.79 Å². The highest BCUT2D eigenvalue weighted by atomic mass is 127. The van der Waals surface area contributed by atoms with Crippen LogP contribution in [0.4, 0.5) is 0 Å². The number of halogens is 1. The van der Waals surface area contributed by atoms with E-state index in [4.69, 9.17) is 0 Å². The lowest BCUT2D eigenvalue weighted by molar-refractivity contribution is 0.0963. The number of guanidine groups is 1. The molecular weight excluding hydrogens is 465 g/mol. The van der Waals surface area contributed by atoms with Crippen molar-refractivity contribution in [2.24, 2.45) is 4.99 Å². The average Bonchev–Trinajstić information content (AvgIpc) is 2.97. The van der Waals surface area contributed by atoms with Crippen LogP contribution < -0.4 is 16.0 Å². The van der Waals surface area contributed by atoms with Crippen molar-refractivity contribution < 1.29 is 4.79 Å². The van der Waals surface area contributed by atoms with Crippen LogP contribution in [0.5, 0.6) is 0 Å². The molecule has 1 amide bonds. The first-order chi connectivity index (χ1) is 13.2. The summed E-state index contributed by atoms with van der Waals surface area (Å²) in [5.41, 5.74) is 1.69. The molecule has 0 atom stereocenters. The Morgan fingerprint density at radius 3 is 2.57 bits per heavy atom. The smallest absolute Gasteiger partial charge is 0.251 e. The van der Waals surface area contributed by atoms with E-state index in [-0.39, 0.29) is 29.9 Å². The summed E-state index contributed by atoms with van der Waals surface area (Å²) in [6.45, 7) is 8.01. The van der Waals surface area contributed by atoms with Crippen molar-refractivity contribution >= 4 is 35.8 Å². The maximum Gasteiger partial charge on any atom is 0.251 e. The van der Waals surface area contributed by atoms with Crippen molar-refractivity contribution in [3.05, 3.63) is 35.4 Å². The van der Waals surface area contributed by atoms with Gasteiger partial charge >= 0.3 is 0 Å². The summed E-state index contributed by atoms with van der Waals surface area (Å²) in [7, 11) is 1.64. The first-order valence-corrected chi connectivity index (χ1v) is 10.3. The van der Waals surface area contributed by atoms with Gasteiger partial charge in [-0.2, -0.15) is 0 Å². The number of nitrogens with one attached hydrogen (secondary N) is 3. The molecule has 1 heterocycles. The maximum atomic E-state index is 11.8. The van der Waals surface area contributed by atoms with Crippen LogP contribution in [0.3, 0.4) is 0 Å². The summed E-state index contributed by atoms with van der Waals surface area (Å²) in [4.78, 5) is 19.0. The van der Waals surface area contributed by atoms with E-state index in [0.29, 0.717) is 12.1 Å². The number of hydrogen-bond donors (Lipinski definition) is 3. The minimum atomic E-state index is -0.0700. The van der Waals surface area contributed by atoms with Crippen LogP contribution in [0, 0.1) is 0 Å². The average molecular weight is 501 g/mol. The van der Waals surface area contributed by atoms with Crippen LogP contribution in [0.1, 0.15) is 54.9 Å². The van der Waals surface area contributed by atoms with Gasteiger partial charge in [-0.25, -0.2) is 4.99 Å². The number of rotatable bonds is 8. The molecule has 6 nitrogen and oxygen atoms in total. The first-order valence-electron chi connectivity index (χ1n) is 10.3. The summed E-state index contributed by atoms with van der Waals surface area (Å²) < 4.78 is 0. The second-order valence-electron chi connectivity index (χ2n) is 7.01. The van der Waals surface area contributed by atoms with Crippen molar-refractivity contribution in [1.82, 2.24) is 20.9 Å². The van der Waals surface area contributed by atoms with Crippen LogP contribution in [0.2, 0.25) is 0 Å². The maximum absolute atomic E-state index is 11.8. The molecule has 0 radical (unpaired) electrons. The quantitative estimate of drug-likeness (QED) is 0.222. The number of likely N-dealkylation sites (tertiary alicyclic amines) is 1. The number of hydrogen-bond acceptors (Lipinski definition) is 3. The second kappa shape index (κ2) is 14.6.